The molecule has 4 nitrogen and oxygen atoms in total. The first-order chi connectivity index (χ1) is 12.6. The number of hydrogen-bond donors (Lipinski definition) is 1. The van der Waals surface area contributed by atoms with Crippen LogP contribution in [0.2, 0.25) is 0 Å². The molecule has 0 bridgehead atoms. The zero-order valence-corrected chi connectivity index (χ0v) is 14.3. The van der Waals surface area contributed by atoms with Gasteiger partial charge in [0.2, 0.25) is 0 Å². The molecule has 0 spiro atoms. The van der Waals surface area contributed by atoms with Crippen molar-refractivity contribution in [1.29, 1.82) is 0 Å². The lowest BCUT2D eigenvalue weighted by Crippen LogP contribution is -2.25. The largest absolute Gasteiger partial charge is 0.323 e. The van der Waals surface area contributed by atoms with Crippen molar-refractivity contribution in [3.8, 4) is 0 Å². The highest BCUT2D eigenvalue weighted by Crippen LogP contribution is 2.37. The van der Waals surface area contributed by atoms with Gasteiger partial charge < -0.3 is 10.2 Å². The zero-order valence-electron chi connectivity index (χ0n) is 14.3. The first-order valence-electron chi connectivity index (χ1n) is 8.53. The van der Waals surface area contributed by atoms with E-state index in [9.17, 15) is 9.18 Å². The number of rotatable bonds is 3. The van der Waals surface area contributed by atoms with Gasteiger partial charge in [-0.15, -0.1) is 0 Å². The van der Waals surface area contributed by atoms with Crippen molar-refractivity contribution < 1.29 is 9.18 Å². The van der Waals surface area contributed by atoms with Gasteiger partial charge >= 0.3 is 0 Å². The summed E-state index contributed by atoms with van der Waals surface area (Å²) in [4.78, 5) is 19.2. The summed E-state index contributed by atoms with van der Waals surface area (Å²) in [5, 5.41) is 2.58. The van der Waals surface area contributed by atoms with E-state index in [0.717, 1.165) is 12.1 Å². The summed E-state index contributed by atoms with van der Waals surface area (Å²) in [6.07, 6.45) is 0.934. The number of fused-ring (bicyclic) bond motifs is 1. The Hall–Kier alpha value is -3.21. The number of carbonyl (C=O) groups excluding carboxylic acids is 1. The average molecular weight is 347 g/mol. The summed E-state index contributed by atoms with van der Waals surface area (Å²) in [5.41, 5.74) is 2.77. The highest BCUT2D eigenvalue weighted by molar-refractivity contribution is 6.03. The number of aromatic nitrogens is 1. The summed E-state index contributed by atoms with van der Waals surface area (Å²) < 4.78 is 13.8. The molecule has 1 aliphatic rings. The number of anilines is 3. The number of amides is 1. The third-order valence-electron chi connectivity index (χ3n) is 4.54. The first kappa shape index (κ1) is 16.3. The fraction of sp³-hybridized carbons (Fsp3) is 0.143. The maximum Gasteiger partial charge on any atom is 0.274 e. The Kier molecular flexibility index (Phi) is 4.13. The minimum Gasteiger partial charge on any atom is -0.323 e. The van der Waals surface area contributed by atoms with Gasteiger partial charge in [-0.3, -0.25) is 4.79 Å². The minimum atomic E-state index is -0.473. The van der Waals surface area contributed by atoms with Gasteiger partial charge in [0.25, 0.3) is 5.91 Å². The molecule has 1 N–H and O–H groups in total. The van der Waals surface area contributed by atoms with Crippen LogP contribution in [-0.2, 0) is 6.42 Å². The predicted octanol–water partition coefficient (Wildman–Crippen LogP) is 4.56. The molecule has 0 radical (unpaired) electrons. The number of para-hydroxylation sites is 2. The van der Waals surface area contributed by atoms with Gasteiger partial charge in [0.1, 0.15) is 17.3 Å². The Bertz CT molecular complexity index is 973. The molecule has 0 saturated carbocycles. The Morgan fingerprint density at radius 3 is 2.69 bits per heavy atom. The summed E-state index contributed by atoms with van der Waals surface area (Å²) >= 11 is 0. The van der Waals surface area contributed by atoms with Crippen LogP contribution in [0.3, 0.4) is 0 Å². The molecule has 1 unspecified atom stereocenters. The molecular formula is C21H18FN3O. The monoisotopic (exact) mass is 347 g/mol. The SMILES string of the molecule is CC1Cc2ccccc2N1c1cccc(C(=O)Nc2ccccc2F)n1. The van der Waals surface area contributed by atoms with Crippen molar-refractivity contribution in [2.75, 3.05) is 10.2 Å². The van der Waals surface area contributed by atoms with E-state index in [1.54, 1.807) is 24.3 Å². The third-order valence-corrected chi connectivity index (χ3v) is 4.54. The van der Waals surface area contributed by atoms with Crippen LogP contribution in [0.25, 0.3) is 0 Å². The van der Waals surface area contributed by atoms with Crippen LogP contribution in [0.4, 0.5) is 21.6 Å². The molecule has 26 heavy (non-hydrogen) atoms. The van der Waals surface area contributed by atoms with Gasteiger partial charge in [-0.1, -0.05) is 36.4 Å². The second-order valence-electron chi connectivity index (χ2n) is 6.37. The number of hydrogen-bond acceptors (Lipinski definition) is 3. The Morgan fingerprint density at radius 1 is 1.08 bits per heavy atom. The Labute approximate surface area is 151 Å². The number of carbonyl (C=O) groups is 1. The van der Waals surface area contributed by atoms with Crippen LogP contribution in [-0.4, -0.2) is 16.9 Å². The predicted molar refractivity (Wildman–Crippen MR) is 100 cm³/mol. The first-order valence-corrected chi connectivity index (χ1v) is 8.53. The molecule has 5 heteroatoms. The van der Waals surface area contributed by atoms with Crippen molar-refractivity contribution in [3.63, 3.8) is 0 Å². The number of halogens is 1. The smallest absolute Gasteiger partial charge is 0.274 e. The lowest BCUT2D eigenvalue weighted by molar-refractivity contribution is 0.102. The van der Waals surface area contributed by atoms with Gasteiger partial charge in [-0.2, -0.15) is 0 Å². The molecule has 2 heterocycles. The van der Waals surface area contributed by atoms with Gasteiger partial charge in [-0.05, 0) is 49.2 Å². The van der Waals surface area contributed by atoms with Crippen molar-refractivity contribution in [2.24, 2.45) is 0 Å². The summed E-state index contributed by atoms with van der Waals surface area (Å²) in [5.74, 6) is -0.195. The number of benzene rings is 2. The van der Waals surface area contributed by atoms with Crippen molar-refractivity contribution in [3.05, 3.63) is 83.8 Å². The van der Waals surface area contributed by atoms with E-state index < -0.39 is 11.7 Å². The van der Waals surface area contributed by atoms with E-state index in [1.165, 1.54) is 17.7 Å². The quantitative estimate of drug-likeness (QED) is 0.756. The average Bonchev–Trinajstić information content (AvgIpc) is 2.99. The Balaban J connectivity index is 1.63. The van der Waals surface area contributed by atoms with Crippen molar-refractivity contribution >= 4 is 23.1 Å². The molecule has 0 aliphatic carbocycles. The fourth-order valence-electron chi connectivity index (χ4n) is 3.35. The van der Waals surface area contributed by atoms with Crippen LogP contribution >= 0.6 is 0 Å². The van der Waals surface area contributed by atoms with Crippen molar-refractivity contribution in [2.45, 2.75) is 19.4 Å². The van der Waals surface area contributed by atoms with Crippen LogP contribution in [0, 0.1) is 5.82 Å². The highest BCUT2D eigenvalue weighted by Gasteiger charge is 2.28. The van der Waals surface area contributed by atoms with E-state index in [0.29, 0.717) is 5.82 Å². The molecule has 130 valence electrons. The molecule has 4 rings (SSSR count). The van der Waals surface area contributed by atoms with E-state index in [2.05, 4.69) is 34.3 Å². The normalized spacial score (nSPS) is 15.6. The van der Waals surface area contributed by atoms with Crippen LogP contribution in [0.15, 0.2) is 66.7 Å². The van der Waals surface area contributed by atoms with E-state index in [-0.39, 0.29) is 17.4 Å². The molecule has 1 aromatic heterocycles. The molecule has 1 amide bonds. The lowest BCUT2D eigenvalue weighted by Gasteiger charge is -2.24. The van der Waals surface area contributed by atoms with E-state index >= 15 is 0 Å². The lowest BCUT2D eigenvalue weighted by atomic mass is 10.1. The van der Waals surface area contributed by atoms with E-state index in [1.807, 2.05) is 18.2 Å². The van der Waals surface area contributed by atoms with Gasteiger partial charge in [-0.25, -0.2) is 9.37 Å². The highest BCUT2D eigenvalue weighted by atomic mass is 19.1. The second kappa shape index (κ2) is 6.59. The number of pyridine rings is 1. The standard InChI is InChI=1S/C21H18FN3O/c1-14-13-15-7-2-5-11-19(15)25(14)20-12-6-10-18(23-20)21(26)24-17-9-4-3-8-16(17)22/h2-12,14H,13H2,1H3,(H,24,26). The summed E-state index contributed by atoms with van der Waals surface area (Å²) in [6.45, 7) is 2.13. The third kappa shape index (κ3) is 2.92. The molecule has 1 atom stereocenters. The molecular weight excluding hydrogens is 329 g/mol. The topological polar surface area (TPSA) is 45.2 Å². The summed E-state index contributed by atoms with van der Waals surface area (Å²) in [6, 6.07) is 19.9. The molecule has 0 fully saturated rings. The van der Waals surface area contributed by atoms with Crippen LogP contribution < -0.4 is 10.2 Å². The Morgan fingerprint density at radius 2 is 1.85 bits per heavy atom. The summed E-state index contributed by atoms with van der Waals surface area (Å²) in [7, 11) is 0. The maximum absolute atomic E-state index is 13.8. The van der Waals surface area contributed by atoms with Gasteiger partial charge in [0.05, 0.1) is 5.69 Å². The van der Waals surface area contributed by atoms with E-state index in [4.69, 9.17) is 0 Å². The van der Waals surface area contributed by atoms with Gasteiger partial charge in [0, 0.05) is 11.7 Å². The van der Waals surface area contributed by atoms with Crippen LogP contribution in [0.1, 0.15) is 23.0 Å². The molecule has 0 saturated heterocycles. The molecule has 1 aliphatic heterocycles. The fourth-order valence-corrected chi connectivity index (χ4v) is 3.35. The maximum atomic E-state index is 13.8. The number of nitrogens with one attached hydrogen (secondary N) is 1. The van der Waals surface area contributed by atoms with Crippen molar-refractivity contribution in [1.82, 2.24) is 4.98 Å². The molecule has 3 aromatic rings. The minimum absolute atomic E-state index is 0.143. The zero-order chi connectivity index (χ0) is 18.1. The molecule has 2 aromatic carbocycles. The second-order valence-corrected chi connectivity index (χ2v) is 6.37. The van der Waals surface area contributed by atoms with Crippen LogP contribution in [0.5, 0.6) is 0 Å². The van der Waals surface area contributed by atoms with Gasteiger partial charge in [0.15, 0.2) is 0 Å². The number of nitrogens with zero attached hydrogens (tertiary/aromatic N) is 2.